The maximum atomic E-state index is 11.9. The molecule has 0 radical (unpaired) electrons. The highest BCUT2D eigenvalue weighted by Crippen LogP contribution is 2.42. The molecule has 0 bridgehead atoms. The summed E-state index contributed by atoms with van der Waals surface area (Å²) >= 11 is 0. The van der Waals surface area contributed by atoms with Crippen molar-refractivity contribution in [2.75, 3.05) is 5.32 Å². The summed E-state index contributed by atoms with van der Waals surface area (Å²) in [6.45, 7) is 17.8. The molecule has 3 nitrogen and oxygen atoms in total. The zero-order chi connectivity index (χ0) is 17.3. The molecule has 2 N–H and O–H groups in total. The highest BCUT2D eigenvalue weighted by atomic mass is 16.3. The predicted octanol–water partition coefficient (Wildman–Crippen LogP) is 4.89. The zero-order valence-corrected chi connectivity index (χ0v) is 14.9. The fraction of sp³-hybridized carbons (Fsp3) is 0.526. The maximum Gasteiger partial charge on any atom is 0.250 e. The van der Waals surface area contributed by atoms with Gasteiger partial charge >= 0.3 is 0 Å². The number of carbonyl (C=O) groups is 1. The van der Waals surface area contributed by atoms with Crippen LogP contribution in [0.2, 0.25) is 0 Å². The number of aromatic hydroxyl groups is 1. The molecule has 0 unspecified atom stereocenters. The van der Waals surface area contributed by atoms with Gasteiger partial charge < -0.3 is 10.4 Å². The van der Waals surface area contributed by atoms with E-state index in [1.54, 1.807) is 6.92 Å². The van der Waals surface area contributed by atoms with Crippen LogP contribution in [0, 0.1) is 0 Å². The second kappa shape index (κ2) is 6.15. The van der Waals surface area contributed by atoms with Crippen molar-refractivity contribution in [1.29, 1.82) is 0 Å². The smallest absolute Gasteiger partial charge is 0.250 e. The lowest BCUT2D eigenvalue weighted by Gasteiger charge is -2.30. The predicted molar refractivity (Wildman–Crippen MR) is 93.6 cm³/mol. The Morgan fingerprint density at radius 1 is 1.18 bits per heavy atom. The molecule has 0 aliphatic carbocycles. The largest absolute Gasteiger partial charge is 0.507 e. The van der Waals surface area contributed by atoms with E-state index in [-0.39, 0.29) is 16.7 Å². The van der Waals surface area contributed by atoms with Crippen molar-refractivity contribution in [2.24, 2.45) is 0 Å². The first-order valence-corrected chi connectivity index (χ1v) is 7.75. The van der Waals surface area contributed by atoms with Crippen molar-refractivity contribution in [3.8, 4) is 5.75 Å². The number of benzene rings is 1. The molecule has 1 aromatic rings. The van der Waals surface area contributed by atoms with Gasteiger partial charge in [0.25, 0.3) is 5.91 Å². The molecule has 0 saturated carbocycles. The molecule has 3 heteroatoms. The summed E-state index contributed by atoms with van der Waals surface area (Å²) in [5, 5.41) is 13.6. The standard InChI is InChI=1S/C19H29NO2/c1-9-19(7,8)15-11-13(20-17(22)12(2)3)10-14(16(15)21)18(4,5)6/h10-11,21H,2,9H2,1,3-8H3,(H,20,22). The zero-order valence-electron chi connectivity index (χ0n) is 14.9. The molecule has 0 aliphatic heterocycles. The summed E-state index contributed by atoms with van der Waals surface area (Å²) in [6.07, 6.45) is 0.891. The van der Waals surface area contributed by atoms with Gasteiger partial charge in [0.2, 0.25) is 0 Å². The van der Waals surface area contributed by atoms with Gasteiger partial charge in [-0.3, -0.25) is 4.79 Å². The molecule has 0 fully saturated rings. The molecule has 1 amide bonds. The van der Waals surface area contributed by atoms with Gasteiger partial charge in [0.15, 0.2) is 0 Å². The third-order valence-electron chi connectivity index (χ3n) is 4.18. The first-order valence-electron chi connectivity index (χ1n) is 7.75. The molecule has 0 saturated heterocycles. The average Bonchev–Trinajstić information content (AvgIpc) is 2.38. The van der Waals surface area contributed by atoms with E-state index in [1.165, 1.54) is 0 Å². The second-order valence-corrected chi connectivity index (χ2v) is 7.64. The molecule has 0 heterocycles. The highest BCUT2D eigenvalue weighted by Gasteiger charge is 2.28. The van der Waals surface area contributed by atoms with E-state index in [4.69, 9.17) is 0 Å². The van der Waals surface area contributed by atoms with Gasteiger partial charge in [0.05, 0.1) is 0 Å². The Labute approximate surface area is 134 Å². The van der Waals surface area contributed by atoms with Crippen molar-refractivity contribution >= 4 is 11.6 Å². The van der Waals surface area contributed by atoms with Gasteiger partial charge in [-0.05, 0) is 36.3 Å². The maximum absolute atomic E-state index is 11.9. The summed E-state index contributed by atoms with van der Waals surface area (Å²) < 4.78 is 0. The van der Waals surface area contributed by atoms with Crippen molar-refractivity contribution in [3.63, 3.8) is 0 Å². The molecule has 0 aromatic heterocycles. The van der Waals surface area contributed by atoms with Crippen LogP contribution >= 0.6 is 0 Å². The number of nitrogens with one attached hydrogen (secondary N) is 1. The van der Waals surface area contributed by atoms with Gasteiger partial charge in [0.1, 0.15) is 5.75 Å². The van der Waals surface area contributed by atoms with E-state index in [1.807, 2.05) is 12.1 Å². The minimum absolute atomic E-state index is 0.173. The Bertz CT molecular complexity index is 592. The van der Waals surface area contributed by atoms with E-state index in [0.29, 0.717) is 17.0 Å². The first kappa shape index (κ1) is 18.3. The molecular weight excluding hydrogens is 274 g/mol. The Kier molecular flexibility index (Phi) is 5.11. The van der Waals surface area contributed by atoms with Gasteiger partial charge in [-0.1, -0.05) is 48.1 Å². The van der Waals surface area contributed by atoms with Crippen LogP contribution in [-0.2, 0) is 15.6 Å². The summed E-state index contributed by atoms with van der Waals surface area (Å²) in [5.74, 6) is 0.124. The van der Waals surface area contributed by atoms with Crippen LogP contribution in [0.1, 0.15) is 66.0 Å². The van der Waals surface area contributed by atoms with Gasteiger partial charge in [0, 0.05) is 22.4 Å². The SMILES string of the molecule is C=C(C)C(=O)Nc1cc(C(C)(C)C)c(O)c(C(C)(C)CC)c1. The third-order valence-corrected chi connectivity index (χ3v) is 4.18. The average molecular weight is 303 g/mol. The third kappa shape index (κ3) is 3.90. The molecule has 0 aliphatic rings. The van der Waals surface area contributed by atoms with Crippen LogP contribution < -0.4 is 5.32 Å². The molecular formula is C19H29NO2. The Morgan fingerprint density at radius 2 is 1.68 bits per heavy atom. The van der Waals surface area contributed by atoms with Crippen LogP contribution in [0.15, 0.2) is 24.3 Å². The van der Waals surface area contributed by atoms with Crippen LogP contribution in [0.25, 0.3) is 0 Å². The van der Waals surface area contributed by atoms with Crippen molar-refractivity contribution in [1.82, 2.24) is 0 Å². The van der Waals surface area contributed by atoms with Crippen molar-refractivity contribution in [2.45, 2.75) is 65.7 Å². The van der Waals surface area contributed by atoms with E-state index >= 15 is 0 Å². The molecule has 1 rings (SSSR count). The second-order valence-electron chi connectivity index (χ2n) is 7.64. The molecule has 122 valence electrons. The van der Waals surface area contributed by atoms with Crippen molar-refractivity contribution < 1.29 is 9.90 Å². The first-order chi connectivity index (χ1) is 9.90. The highest BCUT2D eigenvalue weighted by molar-refractivity contribution is 6.03. The van der Waals surface area contributed by atoms with E-state index in [9.17, 15) is 9.90 Å². The minimum atomic E-state index is -0.216. The van der Waals surface area contributed by atoms with Crippen LogP contribution in [0.3, 0.4) is 0 Å². The number of amides is 1. The van der Waals surface area contributed by atoms with Gasteiger partial charge in [-0.25, -0.2) is 0 Å². The summed E-state index contributed by atoms with van der Waals surface area (Å²) in [6, 6.07) is 3.72. The number of carbonyl (C=O) groups excluding carboxylic acids is 1. The fourth-order valence-corrected chi connectivity index (χ4v) is 2.22. The number of phenols is 1. The normalized spacial score (nSPS) is 12.1. The lowest BCUT2D eigenvalue weighted by molar-refractivity contribution is -0.112. The number of hydrogen-bond donors (Lipinski definition) is 2. The number of rotatable bonds is 4. The van der Waals surface area contributed by atoms with Crippen LogP contribution in [0.5, 0.6) is 5.75 Å². The van der Waals surface area contributed by atoms with E-state index in [0.717, 1.165) is 17.5 Å². The van der Waals surface area contributed by atoms with Gasteiger partial charge in [-0.15, -0.1) is 0 Å². The number of hydrogen-bond acceptors (Lipinski definition) is 2. The van der Waals surface area contributed by atoms with Crippen molar-refractivity contribution in [3.05, 3.63) is 35.4 Å². The quantitative estimate of drug-likeness (QED) is 0.614. The number of anilines is 1. The molecule has 1 aromatic carbocycles. The lowest BCUT2D eigenvalue weighted by atomic mass is 9.77. The lowest BCUT2D eigenvalue weighted by Crippen LogP contribution is -2.21. The Morgan fingerprint density at radius 3 is 2.09 bits per heavy atom. The number of phenolic OH excluding ortho intramolecular Hbond substituents is 1. The van der Waals surface area contributed by atoms with Crippen LogP contribution in [0.4, 0.5) is 5.69 Å². The van der Waals surface area contributed by atoms with E-state index < -0.39 is 0 Å². The molecule has 22 heavy (non-hydrogen) atoms. The topological polar surface area (TPSA) is 49.3 Å². The fourth-order valence-electron chi connectivity index (χ4n) is 2.22. The molecule has 0 atom stereocenters. The summed E-state index contributed by atoms with van der Waals surface area (Å²) in [4.78, 5) is 11.9. The summed E-state index contributed by atoms with van der Waals surface area (Å²) in [7, 11) is 0. The van der Waals surface area contributed by atoms with Crippen LogP contribution in [-0.4, -0.2) is 11.0 Å². The van der Waals surface area contributed by atoms with Gasteiger partial charge in [-0.2, -0.15) is 0 Å². The van der Waals surface area contributed by atoms with E-state index in [2.05, 4.69) is 53.4 Å². The Balaban J connectivity index is 3.52. The molecule has 0 spiro atoms. The minimum Gasteiger partial charge on any atom is -0.507 e. The summed E-state index contributed by atoms with van der Waals surface area (Å²) in [5.41, 5.74) is 2.47. The Hall–Kier alpha value is -1.77. The monoisotopic (exact) mass is 303 g/mol.